The van der Waals surface area contributed by atoms with Crippen LogP contribution in [0, 0.1) is 17.8 Å². The molecule has 5 atom stereocenters. The van der Waals surface area contributed by atoms with Crippen LogP contribution in [0.15, 0.2) is 54.7 Å². The second-order valence-corrected chi connectivity index (χ2v) is 16.8. The smallest absolute Gasteiger partial charge is 0.407 e. The molecule has 0 spiro atoms. The normalized spacial score (nSPS) is 18.4. The summed E-state index contributed by atoms with van der Waals surface area (Å²) >= 11 is 6.93. The van der Waals surface area contributed by atoms with Gasteiger partial charge < -0.3 is 39.9 Å². The number of aromatic nitrogens is 4. The zero-order valence-corrected chi connectivity index (χ0v) is 35.4. The van der Waals surface area contributed by atoms with Crippen molar-refractivity contribution in [2.75, 3.05) is 20.8 Å². The number of carbonyl (C=O) groups excluding carboxylic acids is 4. The highest BCUT2D eigenvalue weighted by atomic mass is 35.5. The number of piperidine rings is 1. The third kappa shape index (κ3) is 8.32. The first-order chi connectivity index (χ1) is 28.3. The van der Waals surface area contributed by atoms with E-state index in [0.29, 0.717) is 17.4 Å². The number of carbonyl (C=O) groups is 4. The predicted octanol–water partition coefficient (Wildman–Crippen LogP) is 7.98. The van der Waals surface area contributed by atoms with Gasteiger partial charge >= 0.3 is 12.2 Å². The van der Waals surface area contributed by atoms with Gasteiger partial charge in [0, 0.05) is 23.5 Å². The Bertz CT molecular complexity index is 2370. The SMILES string of the molecule is CCCN(Cc1ncc(-c2ccc(-c3ccc4c(ccc5[nH]c(C6[C@H]7CC[C@H](C7)N6C(=O)[C@@H](NC(=O)OC)C(C)C)nc54)c3)cc2Cl)[nH]1)C(=O)[C@@H](NC(=O)OC)C(C)C. The van der Waals surface area contributed by atoms with E-state index in [1.165, 1.54) is 14.2 Å². The number of amides is 4. The Hall–Kier alpha value is -5.63. The Labute approximate surface area is 348 Å². The third-order valence-electron chi connectivity index (χ3n) is 11.8. The predicted molar refractivity (Wildman–Crippen MR) is 226 cm³/mol. The first-order valence-corrected chi connectivity index (χ1v) is 20.8. The number of halogens is 1. The first kappa shape index (κ1) is 41.5. The molecule has 312 valence electrons. The van der Waals surface area contributed by atoms with Crippen molar-refractivity contribution in [2.24, 2.45) is 17.8 Å². The van der Waals surface area contributed by atoms with Gasteiger partial charge in [0.2, 0.25) is 11.8 Å². The van der Waals surface area contributed by atoms with E-state index in [9.17, 15) is 19.2 Å². The fourth-order valence-electron chi connectivity index (χ4n) is 8.76. The average Bonchev–Trinajstić information content (AvgIpc) is 4.05. The zero-order valence-electron chi connectivity index (χ0n) is 34.6. The quantitative estimate of drug-likeness (QED) is 0.0925. The summed E-state index contributed by atoms with van der Waals surface area (Å²) in [5, 5.41) is 7.98. The van der Waals surface area contributed by atoms with Crippen LogP contribution in [0.25, 0.3) is 44.2 Å². The molecule has 5 aromatic rings. The topological polar surface area (TPSA) is 175 Å². The number of hydrogen-bond donors (Lipinski definition) is 4. The molecule has 2 aliphatic rings. The number of rotatable bonds is 13. The van der Waals surface area contributed by atoms with Gasteiger partial charge in [-0.05, 0) is 78.1 Å². The number of nitrogens with one attached hydrogen (secondary N) is 4. The van der Waals surface area contributed by atoms with Crippen LogP contribution in [0.3, 0.4) is 0 Å². The minimum atomic E-state index is -0.736. The van der Waals surface area contributed by atoms with Gasteiger partial charge in [-0.25, -0.2) is 19.6 Å². The summed E-state index contributed by atoms with van der Waals surface area (Å²) in [6.07, 6.45) is 4.05. The van der Waals surface area contributed by atoms with Crippen LogP contribution in [-0.2, 0) is 25.6 Å². The number of alkyl carbamates (subject to hydrolysis) is 2. The van der Waals surface area contributed by atoms with Crippen molar-refractivity contribution in [3.63, 3.8) is 0 Å². The maximum absolute atomic E-state index is 14.1. The number of H-pyrrole nitrogens is 2. The van der Waals surface area contributed by atoms with Crippen molar-refractivity contribution < 1.29 is 28.7 Å². The van der Waals surface area contributed by atoms with E-state index in [0.717, 1.165) is 75.7 Å². The number of imidazole rings is 2. The molecule has 1 aliphatic heterocycles. The fourth-order valence-corrected chi connectivity index (χ4v) is 9.05. The molecule has 1 unspecified atom stereocenters. The molecular formula is C44H53ClN8O6. The maximum Gasteiger partial charge on any atom is 0.407 e. The van der Waals surface area contributed by atoms with E-state index >= 15 is 0 Å². The lowest BCUT2D eigenvalue weighted by Gasteiger charge is -2.37. The highest BCUT2D eigenvalue weighted by molar-refractivity contribution is 6.33. The molecule has 1 saturated carbocycles. The lowest BCUT2D eigenvalue weighted by atomic mass is 9.95. The van der Waals surface area contributed by atoms with Crippen molar-refractivity contribution in [3.05, 3.63) is 71.4 Å². The number of benzene rings is 3. The van der Waals surface area contributed by atoms with Crippen LogP contribution in [0.5, 0.6) is 0 Å². The number of methoxy groups -OCH3 is 2. The maximum atomic E-state index is 14.1. The van der Waals surface area contributed by atoms with Crippen LogP contribution < -0.4 is 10.6 Å². The van der Waals surface area contributed by atoms with Crippen LogP contribution >= 0.6 is 11.6 Å². The number of aromatic amines is 2. The molecule has 0 radical (unpaired) electrons. The standard InChI is InChI=1S/C44H53ClN8O6/c1-8-17-52(41(54)36(23(2)3)50-43(56)58-6)22-35-46-21-34(47-35)31-15-11-26(20-32(31)45)25-10-14-30-27(18-25)12-16-33-38(30)49-40(48-33)39-28-9-13-29(19-28)53(39)42(55)37(24(4)5)51-44(57)59-7/h10-12,14-16,18,20-21,23-24,28-29,36-37,39H,8-9,13,17,19,22H2,1-7H3,(H,46,47)(H,48,49)(H,50,56)(H,51,57)/t28-,29+,36-,37-,39?/m0/s1. The van der Waals surface area contributed by atoms with Crippen molar-refractivity contribution in [1.82, 2.24) is 40.4 Å². The molecular weight excluding hydrogens is 772 g/mol. The van der Waals surface area contributed by atoms with Crippen LogP contribution in [-0.4, -0.2) is 92.6 Å². The lowest BCUT2D eigenvalue weighted by molar-refractivity contribution is -0.139. The molecule has 1 aliphatic carbocycles. The Morgan fingerprint density at radius 3 is 2.29 bits per heavy atom. The van der Waals surface area contributed by atoms with Crippen LogP contribution in [0.4, 0.5) is 9.59 Å². The van der Waals surface area contributed by atoms with Crippen molar-refractivity contribution in [1.29, 1.82) is 0 Å². The summed E-state index contributed by atoms with van der Waals surface area (Å²) in [6.45, 7) is 10.3. The van der Waals surface area contributed by atoms with Gasteiger partial charge in [-0.1, -0.05) is 76.6 Å². The van der Waals surface area contributed by atoms with E-state index < -0.39 is 24.3 Å². The van der Waals surface area contributed by atoms with E-state index in [-0.39, 0.29) is 48.2 Å². The summed E-state index contributed by atoms with van der Waals surface area (Å²) in [7, 11) is 2.58. The largest absolute Gasteiger partial charge is 0.453 e. The molecule has 1 saturated heterocycles. The number of nitrogens with zero attached hydrogens (tertiary/aromatic N) is 4. The summed E-state index contributed by atoms with van der Waals surface area (Å²) in [5.41, 5.74) is 5.17. The van der Waals surface area contributed by atoms with Gasteiger partial charge in [0.05, 0.1) is 54.8 Å². The Morgan fingerprint density at radius 2 is 1.61 bits per heavy atom. The summed E-state index contributed by atoms with van der Waals surface area (Å²) < 4.78 is 9.59. The Balaban J connectivity index is 1.10. The van der Waals surface area contributed by atoms with Crippen LogP contribution in [0.2, 0.25) is 5.02 Å². The van der Waals surface area contributed by atoms with Crippen molar-refractivity contribution in [3.8, 4) is 22.4 Å². The molecule has 3 aromatic carbocycles. The molecule has 4 amide bonds. The number of ether oxygens (including phenoxy) is 2. The lowest BCUT2D eigenvalue weighted by Crippen LogP contribution is -2.54. The average molecular weight is 825 g/mol. The third-order valence-corrected chi connectivity index (χ3v) is 12.1. The highest BCUT2D eigenvalue weighted by Crippen LogP contribution is 2.50. The monoisotopic (exact) mass is 824 g/mol. The summed E-state index contributed by atoms with van der Waals surface area (Å²) in [4.78, 5) is 72.0. The second-order valence-electron chi connectivity index (χ2n) is 16.4. The zero-order chi connectivity index (χ0) is 42.1. The number of fused-ring (bicyclic) bond motifs is 5. The molecule has 2 bridgehead atoms. The highest BCUT2D eigenvalue weighted by Gasteiger charge is 2.51. The van der Waals surface area contributed by atoms with E-state index in [4.69, 9.17) is 26.1 Å². The van der Waals surface area contributed by atoms with Gasteiger partial charge in [0.15, 0.2) is 0 Å². The Kier molecular flexibility index (Phi) is 12.2. The van der Waals surface area contributed by atoms with Crippen LogP contribution in [0.1, 0.15) is 78.0 Å². The molecule has 3 heterocycles. The number of hydrogen-bond acceptors (Lipinski definition) is 8. The molecule has 2 fully saturated rings. The van der Waals surface area contributed by atoms with E-state index in [2.05, 4.69) is 49.9 Å². The van der Waals surface area contributed by atoms with Crippen molar-refractivity contribution >= 4 is 57.4 Å². The Morgan fingerprint density at radius 1 is 0.915 bits per heavy atom. The van der Waals surface area contributed by atoms with Gasteiger partial charge in [0.1, 0.15) is 23.7 Å². The van der Waals surface area contributed by atoms with Gasteiger partial charge in [-0.3, -0.25) is 9.59 Å². The fraction of sp³-hybridized carbons (Fsp3) is 0.455. The molecule has 15 heteroatoms. The van der Waals surface area contributed by atoms with Gasteiger partial charge in [0.25, 0.3) is 0 Å². The van der Waals surface area contributed by atoms with Gasteiger partial charge in [-0.15, -0.1) is 0 Å². The summed E-state index contributed by atoms with van der Waals surface area (Å²) in [5.74, 6) is 1.08. The minimum Gasteiger partial charge on any atom is -0.453 e. The van der Waals surface area contributed by atoms with Crippen molar-refractivity contribution in [2.45, 2.75) is 91.0 Å². The second kappa shape index (κ2) is 17.3. The summed E-state index contributed by atoms with van der Waals surface area (Å²) in [6, 6.07) is 14.7. The minimum absolute atomic E-state index is 0.104. The number of likely N-dealkylation sites (tertiary alicyclic amines) is 1. The molecule has 14 nitrogen and oxygen atoms in total. The van der Waals surface area contributed by atoms with E-state index in [1.54, 1.807) is 11.1 Å². The molecule has 59 heavy (non-hydrogen) atoms. The van der Waals surface area contributed by atoms with E-state index in [1.807, 2.05) is 63.8 Å². The molecule has 4 N–H and O–H groups in total. The molecule has 7 rings (SSSR count). The van der Waals surface area contributed by atoms with Gasteiger partial charge in [-0.2, -0.15) is 0 Å². The molecule has 2 aromatic heterocycles. The first-order valence-electron chi connectivity index (χ1n) is 20.4.